The molecule has 1 amide bonds. The Balaban J connectivity index is 1.76. The summed E-state index contributed by atoms with van der Waals surface area (Å²) in [7, 11) is 0. The molecule has 0 spiro atoms. The van der Waals surface area contributed by atoms with E-state index in [-0.39, 0.29) is 11.9 Å². The monoisotopic (exact) mass is 373 g/mol. The van der Waals surface area contributed by atoms with E-state index in [4.69, 9.17) is 5.73 Å². The van der Waals surface area contributed by atoms with Gasteiger partial charge in [-0.2, -0.15) is 0 Å². The van der Waals surface area contributed by atoms with Gasteiger partial charge in [0.1, 0.15) is 0 Å². The molecule has 3 rings (SSSR count). The van der Waals surface area contributed by atoms with E-state index in [1.165, 1.54) is 0 Å². The van der Waals surface area contributed by atoms with E-state index in [9.17, 15) is 4.79 Å². The third-order valence-corrected chi connectivity index (χ3v) is 4.38. The molecule has 0 aliphatic carbocycles. The van der Waals surface area contributed by atoms with Crippen molar-refractivity contribution in [1.29, 1.82) is 0 Å². The van der Waals surface area contributed by atoms with E-state index < -0.39 is 0 Å². The molecule has 1 aromatic carbocycles. The molecule has 142 valence electrons. The van der Waals surface area contributed by atoms with Crippen molar-refractivity contribution in [2.45, 2.75) is 19.9 Å². The molecule has 0 radical (unpaired) electrons. The Morgan fingerprint density at radius 2 is 1.96 bits per heavy atom. The minimum absolute atomic E-state index is 0.0280. The van der Waals surface area contributed by atoms with E-state index in [0.29, 0.717) is 16.9 Å². The Kier molecular flexibility index (Phi) is 5.69. The van der Waals surface area contributed by atoms with Crippen LogP contribution >= 0.6 is 0 Å². The topological polar surface area (TPSA) is 92.9 Å². The number of rotatable bonds is 6. The Bertz CT molecular complexity index is 1020. The van der Waals surface area contributed by atoms with Crippen molar-refractivity contribution in [3.63, 3.8) is 0 Å². The highest BCUT2D eigenvalue weighted by Gasteiger charge is 2.12. The third-order valence-electron chi connectivity index (χ3n) is 4.38. The normalized spacial score (nSPS) is 11.5. The van der Waals surface area contributed by atoms with Crippen LogP contribution in [0.15, 0.2) is 61.7 Å². The lowest BCUT2D eigenvalue weighted by Crippen LogP contribution is -2.13. The van der Waals surface area contributed by atoms with Gasteiger partial charge in [0.05, 0.1) is 29.3 Å². The highest BCUT2D eigenvalue weighted by molar-refractivity contribution is 6.04. The maximum absolute atomic E-state index is 12.5. The van der Waals surface area contributed by atoms with Crippen LogP contribution in [-0.4, -0.2) is 15.9 Å². The van der Waals surface area contributed by atoms with E-state index in [1.54, 1.807) is 36.9 Å². The fourth-order valence-corrected chi connectivity index (χ4v) is 2.91. The zero-order chi connectivity index (χ0) is 20.1. The van der Waals surface area contributed by atoms with E-state index in [2.05, 4.69) is 27.2 Å². The SMILES string of the molecule is C=Cc1c(N)cncc1N[C@@H](C)c1cccc(NC(=O)c2cncc(C)c2)c1. The van der Waals surface area contributed by atoms with Crippen molar-refractivity contribution in [3.05, 3.63) is 84.0 Å². The summed E-state index contributed by atoms with van der Waals surface area (Å²) in [6, 6.07) is 9.47. The first kappa shape index (κ1) is 19.1. The molecule has 2 aromatic heterocycles. The number of anilines is 3. The van der Waals surface area contributed by atoms with E-state index >= 15 is 0 Å². The summed E-state index contributed by atoms with van der Waals surface area (Å²) in [4.78, 5) is 20.7. The number of pyridine rings is 2. The second kappa shape index (κ2) is 8.35. The molecule has 0 unspecified atom stereocenters. The van der Waals surface area contributed by atoms with Crippen LogP contribution in [0.1, 0.15) is 40.0 Å². The molecule has 0 fully saturated rings. The van der Waals surface area contributed by atoms with Crippen molar-refractivity contribution < 1.29 is 4.79 Å². The first-order chi connectivity index (χ1) is 13.5. The smallest absolute Gasteiger partial charge is 0.257 e. The summed E-state index contributed by atoms with van der Waals surface area (Å²) >= 11 is 0. The highest BCUT2D eigenvalue weighted by Crippen LogP contribution is 2.27. The van der Waals surface area contributed by atoms with Crippen LogP contribution in [0, 0.1) is 6.92 Å². The van der Waals surface area contributed by atoms with Crippen LogP contribution in [0.25, 0.3) is 6.08 Å². The Morgan fingerprint density at radius 3 is 2.71 bits per heavy atom. The standard InChI is InChI=1S/C22H23N5O/c1-4-19-20(23)12-25-13-21(19)26-15(3)16-6-5-7-18(9-16)27-22(28)17-8-14(2)10-24-11-17/h4-13,15,26H,1,23H2,2-3H3,(H,27,28)/t15-/m0/s1. The largest absolute Gasteiger partial charge is 0.397 e. The number of carbonyl (C=O) groups excluding carboxylic acids is 1. The minimum atomic E-state index is -0.192. The van der Waals surface area contributed by atoms with Gasteiger partial charge in [0.25, 0.3) is 5.91 Å². The number of benzene rings is 1. The lowest BCUT2D eigenvalue weighted by atomic mass is 10.1. The van der Waals surface area contributed by atoms with Gasteiger partial charge >= 0.3 is 0 Å². The van der Waals surface area contributed by atoms with E-state index in [0.717, 1.165) is 22.4 Å². The van der Waals surface area contributed by atoms with Crippen LogP contribution in [-0.2, 0) is 0 Å². The van der Waals surface area contributed by atoms with Crippen molar-refractivity contribution in [2.24, 2.45) is 0 Å². The first-order valence-electron chi connectivity index (χ1n) is 8.93. The lowest BCUT2D eigenvalue weighted by Gasteiger charge is -2.19. The Hall–Kier alpha value is -3.67. The number of nitrogens with one attached hydrogen (secondary N) is 2. The van der Waals surface area contributed by atoms with Crippen molar-refractivity contribution >= 4 is 29.0 Å². The predicted molar refractivity (Wildman–Crippen MR) is 114 cm³/mol. The fourth-order valence-electron chi connectivity index (χ4n) is 2.91. The van der Waals surface area contributed by atoms with Crippen LogP contribution in [0.2, 0.25) is 0 Å². The fraction of sp³-hybridized carbons (Fsp3) is 0.136. The molecule has 3 aromatic rings. The third kappa shape index (κ3) is 4.35. The van der Waals surface area contributed by atoms with Gasteiger partial charge in [-0.25, -0.2) is 0 Å². The summed E-state index contributed by atoms with van der Waals surface area (Å²) in [6.45, 7) is 7.75. The molecule has 0 aliphatic heterocycles. The summed E-state index contributed by atoms with van der Waals surface area (Å²) in [6.07, 6.45) is 8.30. The summed E-state index contributed by atoms with van der Waals surface area (Å²) < 4.78 is 0. The molecule has 6 nitrogen and oxygen atoms in total. The number of aromatic nitrogens is 2. The van der Waals surface area contributed by atoms with Gasteiger partial charge < -0.3 is 16.4 Å². The van der Waals surface area contributed by atoms with Crippen molar-refractivity contribution in [1.82, 2.24) is 9.97 Å². The Labute approximate surface area is 164 Å². The van der Waals surface area contributed by atoms with Crippen molar-refractivity contribution in [3.8, 4) is 0 Å². The molecular formula is C22H23N5O. The molecule has 0 saturated heterocycles. The zero-order valence-electron chi connectivity index (χ0n) is 15.9. The van der Waals surface area contributed by atoms with Gasteiger partial charge in [0.15, 0.2) is 0 Å². The van der Waals surface area contributed by atoms with E-state index in [1.807, 2.05) is 38.1 Å². The Morgan fingerprint density at radius 1 is 1.18 bits per heavy atom. The number of aryl methyl sites for hydroxylation is 1. The summed E-state index contributed by atoms with van der Waals surface area (Å²) in [5.74, 6) is -0.192. The molecular weight excluding hydrogens is 350 g/mol. The number of carbonyl (C=O) groups is 1. The van der Waals surface area contributed by atoms with Gasteiger partial charge in [0, 0.05) is 29.7 Å². The second-order valence-electron chi connectivity index (χ2n) is 6.59. The van der Waals surface area contributed by atoms with Crippen molar-refractivity contribution in [2.75, 3.05) is 16.4 Å². The maximum Gasteiger partial charge on any atom is 0.257 e. The molecule has 28 heavy (non-hydrogen) atoms. The number of nitrogen functional groups attached to an aromatic ring is 1. The molecule has 4 N–H and O–H groups in total. The molecule has 0 bridgehead atoms. The lowest BCUT2D eigenvalue weighted by molar-refractivity contribution is 0.102. The van der Waals surface area contributed by atoms with Gasteiger partial charge in [-0.1, -0.05) is 24.8 Å². The number of hydrogen-bond acceptors (Lipinski definition) is 5. The van der Waals surface area contributed by atoms with Crippen LogP contribution in [0.4, 0.5) is 17.1 Å². The van der Waals surface area contributed by atoms with Crippen LogP contribution in [0.3, 0.4) is 0 Å². The quantitative estimate of drug-likeness (QED) is 0.594. The molecule has 0 aliphatic rings. The molecule has 2 heterocycles. The number of nitrogens with two attached hydrogens (primary N) is 1. The predicted octanol–water partition coefficient (Wildman–Crippen LogP) is 4.44. The van der Waals surface area contributed by atoms with Crippen LogP contribution in [0.5, 0.6) is 0 Å². The van der Waals surface area contributed by atoms with Gasteiger partial charge in [-0.05, 0) is 43.2 Å². The second-order valence-corrected chi connectivity index (χ2v) is 6.59. The highest BCUT2D eigenvalue weighted by atomic mass is 16.1. The zero-order valence-corrected chi connectivity index (χ0v) is 15.9. The number of amides is 1. The number of hydrogen-bond donors (Lipinski definition) is 3. The van der Waals surface area contributed by atoms with Gasteiger partial charge in [-0.15, -0.1) is 0 Å². The molecule has 0 saturated carbocycles. The van der Waals surface area contributed by atoms with Gasteiger partial charge in [-0.3, -0.25) is 14.8 Å². The summed E-state index contributed by atoms with van der Waals surface area (Å²) in [5, 5.41) is 6.32. The number of nitrogens with zero attached hydrogens (tertiary/aromatic N) is 2. The molecule has 1 atom stereocenters. The van der Waals surface area contributed by atoms with Gasteiger partial charge in [0.2, 0.25) is 0 Å². The van der Waals surface area contributed by atoms with Crippen LogP contribution < -0.4 is 16.4 Å². The minimum Gasteiger partial charge on any atom is -0.397 e. The average Bonchev–Trinajstić information content (AvgIpc) is 2.68. The summed E-state index contributed by atoms with van der Waals surface area (Å²) in [5.41, 5.74) is 11.4. The molecule has 6 heteroatoms. The average molecular weight is 373 g/mol. The maximum atomic E-state index is 12.5. The first-order valence-corrected chi connectivity index (χ1v) is 8.93.